The summed E-state index contributed by atoms with van der Waals surface area (Å²) >= 11 is 0. The molecule has 3 aliphatic rings. The van der Waals surface area contributed by atoms with E-state index in [1.54, 1.807) is 0 Å². The molecule has 0 aromatic rings. The van der Waals surface area contributed by atoms with Crippen molar-refractivity contribution in [1.29, 1.82) is 0 Å². The number of hydrogen-bond donors (Lipinski definition) is 2. The molecule has 0 saturated heterocycles. The SMILES string of the molecule is CC[C@H]1CCC2CC[C@@H](C3CCCC3)C(O)C2C1O. The second kappa shape index (κ2) is 5.73. The third-order valence-corrected chi connectivity index (χ3v) is 6.56. The molecule has 3 fully saturated rings. The van der Waals surface area contributed by atoms with Gasteiger partial charge in [-0.05, 0) is 49.4 Å². The number of fused-ring (bicyclic) bond motifs is 1. The molecule has 0 aromatic heterocycles. The van der Waals surface area contributed by atoms with Gasteiger partial charge in [0, 0.05) is 5.92 Å². The van der Waals surface area contributed by atoms with Crippen LogP contribution in [0.25, 0.3) is 0 Å². The third-order valence-electron chi connectivity index (χ3n) is 6.56. The fourth-order valence-electron chi connectivity index (χ4n) is 5.41. The molecule has 0 amide bonds. The number of hydrogen-bond acceptors (Lipinski definition) is 2. The Balaban J connectivity index is 1.73. The highest BCUT2D eigenvalue weighted by atomic mass is 16.3. The van der Waals surface area contributed by atoms with E-state index >= 15 is 0 Å². The molecule has 6 atom stereocenters. The van der Waals surface area contributed by atoms with Crippen LogP contribution in [0.3, 0.4) is 0 Å². The van der Waals surface area contributed by atoms with E-state index in [-0.39, 0.29) is 18.1 Å². The van der Waals surface area contributed by atoms with E-state index in [0.29, 0.717) is 17.8 Å². The van der Waals surface area contributed by atoms with Gasteiger partial charge in [0.15, 0.2) is 0 Å². The van der Waals surface area contributed by atoms with Gasteiger partial charge in [-0.25, -0.2) is 0 Å². The van der Waals surface area contributed by atoms with Gasteiger partial charge in [-0.15, -0.1) is 0 Å². The van der Waals surface area contributed by atoms with Gasteiger partial charge in [0.1, 0.15) is 0 Å². The van der Waals surface area contributed by atoms with Crippen molar-refractivity contribution in [2.45, 2.75) is 76.9 Å². The predicted molar refractivity (Wildman–Crippen MR) is 76.7 cm³/mol. The Labute approximate surface area is 117 Å². The smallest absolute Gasteiger partial charge is 0.0626 e. The van der Waals surface area contributed by atoms with Crippen molar-refractivity contribution >= 4 is 0 Å². The molecule has 110 valence electrons. The maximum atomic E-state index is 10.8. The van der Waals surface area contributed by atoms with Crippen molar-refractivity contribution < 1.29 is 10.2 Å². The van der Waals surface area contributed by atoms with E-state index in [4.69, 9.17) is 0 Å². The van der Waals surface area contributed by atoms with Gasteiger partial charge < -0.3 is 10.2 Å². The molecule has 2 heteroatoms. The quantitative estimate of drug-likeness (QED) is 0.804. The summed E-state index contributed by atoms with van der Waals surface area (Å²) in [6, 6.07) is 0. The summed E-state index contributed by atoms with van der Waals surface area (Å²) in [5.74, 6) is 2.42. The Kier molecular flexibility index (Phi) is 4.19. The lowest BCUT2D eigenvalue weighted by molar-refractivity contribution is -0.125. The topological polar surface area (TPSA) is 40.5 Å². The molecule has 3 aliphatic carbocycles. The summed E-state index contributed by atoms with van der Waals surface area (Å²) < 4.78 is 0. The molecule has 0 radical (unpaired) electrons. The highest BCUT2D eigenvalue weighted by Crippen LogP contribution is 2.49. The van der Waals surface area contributed by atoms with Crippen molar-refractivity contribution in [3.8, 4) is 0 Å². The van der Waals surface area contributed by atoms with E-state index in [1.807, 2.05) is 0 Å². The molecule has 19 heavy (non-hydrogen) atoms. The normalized spacial score (nSPS) is 48.2. The molecule has 0 heterocycles. The van der Waals surface area contributed by atoms with Crippen LogP contribution in [0.1, 0.15) is 64.7 Å². The summed E-state index contributed by atoms with van der Waals surface area (Å²) in [5.41, 5.74) is 0. The average Bonchev–Trinajstić information content (AvgIpc) is 2.93. The van der Waals surface area contributed by atoms with E-state index < -0.39 is 0 Å². The Morgan fingerprint density at radius 1 is 0.789 bits per heavy atom. The van der Waals surface area contributed by atoms with Crippen LogP contribution < -0.4 is 0 Å². The zero-order valence-corrected chi connectivity index (χ0v) is 12.3. The minimum atomic E-state index is -0.247. The molecule has 2 N–H and O–H groups in total. The summed E-state index contributed by atoms with van der Waals surface area (Å²) in [6.45, 7) is 2.18. The summed E-state index contributed by atoms with van der Waals surface area (Å²) in [7, 11) is 0. The minimum absolute atomic E-state index is 0.179. The average molecular weight is 266 g/mol. The molecule has 2 nitrogen and oxygen atoms in total. The molecule has 0 bridgehead atoms. The molecule has 3 rings (SSSR count). The van der Waals surface area contributed by atoms with Gasteiger partial charge in [0.25, 0.3) is 0 Å². The minimum Gasteiger partial charge on any atom is -0.392 e. The molecule has 4 unspecified atom stereocenters. The van der Waals surface area contributed by atoms with Crippen LogP contribution >= 0.6 is 0 Å². The van der Waals surface area contributed by atoms with Gasteiger partial charge in [-0.2, -0.15) is 0 Å². The van der Waals surface area contributed by atoms with Crippen LogP contribution in [-0.4, -0.2) is 22.4 Å². The second-order valence-corrected chi connectivity index (χ2v) is 7.35. The Bertz CT molecular complexity index is 298. The summed E-state index contributed by atoms with van der Waals surface area (Å²) in [5, 5.41) is 21.5. The second-order valence-electron chi connectivity index (χ2n) is 7.35. The third kappa shape index (κ3) is 2.47. The monoisotopic (exact) mass is 266 g/mol. The van der Waals surface area contributed by atoms with Crippen molar-refractivity contribution in [1.82, 2.24) is 0 Å². The molecular weight excluding hydrogens is 236 g/mol. The Morgan fingerprint density at radius 2 is 1.47 bits per heavy atom. The molecule has 3 saturated carbocycles. The lowest BCUT2D eigenvalue weighted by atomic mass is 9.59. The zero-order chi connectivity index (χ0) is 13.4. The van der Waals surface area contributed by atoms with Crippen LogP contribution in [0.5, 0.6) is 0 Å². The Morgan fingerprint density at radius 3 is 2.16 bits per heavy atom. The van der Waals surface area contributed by atoms with Gasteiger partial charge in [-0.1, -0.05) is 39.0 Å². The fraction of sp³-hybridized carbons (Fsp3) is 1.00. The Hall–Kier alpha value is -0.0800. The number of aliphatic hydroxyl groups excluding tert-OH is 2. The molecule has 0 aromatic carbocycles. The van der Waals surface area contributed by atoms with Gasteiger partial charge >= 0.3 is 0 Å². The largest absolute Gasteiger partial charge is 0.392 e. The molecular formula is C17H30O2. The molecule has 0 spiro atoms. The molecule has 0 aliphatic heterocycles. The first-order chi connectivity index (χ1) is 9.22. The van der Waals surface area contributed by atoms with Crippen LogP contribution in [-0.2, 0) is 0 Å². The highest BCUT2D eigenvalue weighted by Gasteiger charge is 2.48. The van der Waals surface area contributed by atoms with Crippen molar-refractivity contribution in [2.24, 2.45) is 29.6 Å². The highest BCUT2D eigenvalue weighted by molar-refractivity contribution is 4.98. The van der Waals surface area contributed by atoms with Gasteiger partial charge in [-0.3, -0.25) is 0 Å². The van der Waals surface area contributed by atoms with E-state index in [2.05, 4.69) is 6.92 Å². The van der Waals surface area contributed by atoms with Crippen LogP contribution in [0.4, 0.5) is 0 Å². The summed E-state index contributed by atoms with van der Waals surface area (Å²) in [6.07, 6.45) is 10.8. The first-order valence-corrected chi connectivity index (χ1v) is 8.58. The number of rotatable bonds is 2. The van der Waals surface area contributed by atoms with E-state index in [9.17, 15) is 10.2 Å². The maximum Gasteiger partial charge on any atom is 0.0626 e. The first-order valence-electron chi connectivity index (χ1n) is 8.58. The zero-order valence-electron chi connectivity index (χ0n) is 12.3. The van der Waals surface area contributed by atoms with E-state index in [1.165, 1.54) is 51.4 Å². The van der Waals surface area contributed by atoms with Crippen molar-refractivity contribution in [2.75, 3.05) is 0 Å². The first kappa shape index (κ1) is 13.9. The van der Waals surface area contributed by atoms with Gasteiger partial charge in [0.05, 0.1) is 12.2 Å². The van der Waals surface area contributed by atoms with Crippen molar-refractivity contribution in [3.05, 3.63) is 0 Å². The standard InChI is InChI=1S/C17H30O2/c1-2-11-7-8-13-9-10-14(12-5-3-4-6-12)17(19)15(13)16(11)18/h11-19H,2-10H2,1H3/t11-,13?,14-,15?,16?,17?/m0/s1. The van der Waals surface area contributed by atoms with E-state index in [0.717, 1.165) is 12.3 Å². The van der Waals surface area contributed by atoms with Gasteiger partial charge in [0.2, 0.25) is 0 Å². The van der Waals surface area contributed by atoms with Crippen LogP contribution in [0.15, 0.2) is 0 Å². The predicted octanol–water partition coefficient (Wildman–Crippen LogP) is 3.36. The lowest BCUT2D eigenvalue weighted by Crippen LogP contribution is -2.51. The van der Waals surface area contributed by atoms with Crippen LogP contribution in [0, 0.1) is 29.6 Å². The van der Waals surface area contributed by atoms with Crippen molar-refractivity contribution in [3.63, 3.8) is 0 Å². The number of aliphatic hydroxyl groups is 2. The fourth-order valence-corrected chi connectivity index (χ4v) is 5.41. The van der Waals surface area contributed by atoms with Crippen LogP contribution in [0.2, 0.25) is 0 Å². The summed E-state index contributed by atoms with van der Waals surface area (Å²) in [4.78, 5) is 0. The maximum absolute atomic E-state index is 10.8. The lowest BCUT2D eigenvalue weighted by Gasteiger charge is -2.49.